The maximum Gasteiger partial charge on any atom is 0.290 e. The highest BCUT2D eigenvalue weighted by Crippen LogP contribution is 1.50. The zero-order valence-electron chi connectivity index (χ0n) is 6.20. The molecule has 0 amide bonds. The maximum absolute atomic E-state index is 9.44. The molecule has 0 aliphatic rings. The molecule has 5 heteroatoms. The first-order valence-electron chi connectivity index (χ1n) is 2.15. The van der Waals surface area contributed by atoms with Gasteiger partial charge in [-0.05, 0) is 13.8 Å². The number of carboxylic acid groups (broad SMARTS) is 1. The van der Waals surface area contributed by atoms with Crippen LogP contribution in [0.2, 0.25) is 0 Å². The number of carbonyl (C=O) groups excluding carboxylic acids is 1. The summed E-state index contributed by atoms with van der Waals surface area (Å²) in [6.45, 7) is 2.81. The normalized spacial score (nSPS) is 4.40. The van der Waals surface area contributed by atoms with E-state index in [-0.39, 0.29) is 24.7 Å². The van der Waals surface area contributed by atoms with Crippen molar-refractivity contribution >= 4 is 24.7 Å². The van der Waals surface area contributed by atoms with Gasteiger partial charge in [0, 0.05) is 7.11 Å². The summed E-state index contributed by atoms with van der Waals surface area (Å²) in [5, 5.41) is 13.9. The van der Waals surface area contributed by atoms with E-state index in [1.807, 2.05) is 0 Å². The van der Waals surface area contributed by atoms with Crippen molar-refractivity contribution in [2.75, 3.05) is 7.11 Å². The van der Waals surface area contributed by atoms with Crippen molar-refractivity contribution in [2.45, 2.75) is 13.8 Å². The lowest BCUT2D eigenvalue weighted by Gasteiger charge is -1.56. The van der Waals surface area contributed by atoms with E-state index in [4.69, 9.17) is 15.0 Å². The largest absolute Gasteiger partial charge is 0.483 e. The van der Waals surface area contributed by atoms with Crippen LogP contribution in [0.4, 0.5) is 0 Å². The summed E-state index contributed by atoms with van der Waals surface area (Å²) in [4.78, 5) is 17.8. The van der Waals surface area contributed by atoms with Gasteiger partial charge in [0.15, 0.2) is 0 Å². The van der Waals surface area contributed by atoms with Gasteiger partial charge >= 0.3 is 0 Å². The molecule has 0 spiro atoms. The Labute approximate surface area is 66.3 Å². The van der Waals surface area contributed by atoms with Gasteiger partial charge in [-0.25, -0.2) is 0 Å². The maximum atomic E-state index is 9.44. The van der Waals surface area contributed by atoms with Gasteiger partial charge in [0.1, 0.15) is 5.78 Å². The van der Waals surface area contributed by atoms with Crippen molar-refractivity contribution in [3.8, 4) is 0 Å². The van der Waals surface area contributed by atoms with Gasteiger partial charge < -0.3 is 15.0 Å². The highest BCUT2D eigenvalue weighted by Gasteiger charge is 1.62. The molecule has 64 valence electrons. The van der Waals surface area contributed by atoms with Crippen LogP contribution in [0, 0.1) is 0 Å². The Kier molecular flexibility index (Phi) is 90.7. The molecule has 0 saturated heterocycles. The Balaban J connectivity index is -0.0000000273. The molecule has 0 unspecified atom stereocenters. The topological polar surface area (TPSA) is 74.6 Å². The van der Waals surface area contributed by atoms with Gasteiger partial charge in [-0.3, -0.25) is 4.79 Å². The molecule has 2 N–H and O–H groups in total. The molecular formula is C5H13ClO4. The molecule has 0 saturated carbocycles. The van der Waals surface area contributed by atoms with Crippen LogP contribution in [0.15, 0.2) is 0 Å². The summed E-state index contributed by atoms with van der Waals surface area (Å²) < 4.78 is 0. The number of hydrogen-bond acceptors (Lipinski definition) is 3. The minimum absolute atomic E-state index is 0. The fraction of sp³-hybridized carbons (Fsp3) is 0.600. The van der Waals surface area contributed by atoms with Crippen LogP contribution < -0.4 is 0 Å². The highest BCUT2D eigenvalue weighted by molar-refractivity contribution is 5.85. The predicted octanol–water partition coefficient (Wildman–Crippen LogP) is 0.326. The first kappa shape index (κ1) is 22.8. The number of aliphatic hydroxyl groups excluding tert-OH is 1. The van der Waals surface area contributed by atoms with E-state index in [0.717, 1.165) is 7.11 Å². The molecule has 0 bridgehead atoms. The average Bonchev–Trinajstić information content (AvgIpc) is 1.71. The third-order valence-electron chi connectivity index (χ3n) is 0. The second kappa shape index (κ2) is 39.9. The SMILES string of the molecule is CC(C)=O.CO.Cl.O=CO. The van der Waals surface area contributed by atoms with Crippen LogP contribution in [0.3, 0.4) is 0 Å². The Hall–Kier alpha value is -0.610. The molecule has 0 rings (SSSR count). The van der Waals surface area contributed by atoms with Crippen LogP contribution in [0.5, 0.6) is 0 Å². The Bertz CT molecular complexity index is 60.7. The molecule has 0 fully saturated rings. The van der Waals surface area contributed by atoms with Crippen molar-refractivity contribution in [1.82, 2.24) is 0 Å². The van der Waals surface area contributed by atoms with Crippen LogP contribution in [-0.2, 0) is 9.59 Å². The monoisotopic (exact) mass is 172 g/mol. The number of rotatable bonds is 0. The highest BCUT2D eigenvalue weighted by atomic mass is 35.5. The van der Waals surface area contributed by atoms with E-state index in [0.29, 0.717) is 0 Å². The molecule has 0 atom stereocenters. The molecule has 0 aromatic carbocycles. The molecule has 0 aromatic heterocycles. The van der Waals surface area contributed by atoms with Crippen molar-refractivity contribution in [1.29, 1.82) is 0 Å². The van der Waals surface area contributed by atoms with E-state index in [9.17, 15) is 4.79 Å². The van der Waals surface area contributed by atoms with Crippen molar-refractivity contribution in [3.63, 3.8) is 0 Å². The lowest BCUT2D eigenvalue weighted by molar-refractivity contribution is -0.123. The zero-order chi connectivity index (χ0) is 8.28. The van der Waals surface area contributed by atoms with Gasteiger partial charge in [-0.1, -0.05) is 0 Å². The molecule has 0 aliphatic carbocycles. The summed E-state index contributed by atoms with van der Waals surface area (Å²) in [5.74, 6) is 0.167. The van der Waals surface area contributed by atoms with Gasteiger partial charge in [0.05, 0.1) is 0 Å². The van der Waals surface area contributed by atoms with Crippen molar-refractivity contribution in [2.24, 2.45) is 0 Å². The standard InChI is InChI=1S/C3H6O.CH2O2.CH4O.ClH/c1-3(2)4;2-1-3;1-2;/h1-2H3;1H,(H,2,3);2H,1H3;1H. The van der Waals surface area contributed by atoms with E-state index in [2.05, 4.69) is 0 Å². The van der Waals surface area contributed by atoms with Crippen LogP contribution >= 0.6 is 12.4 Å². The smallest absolute Gasteiger partial charge is 0.290 e. The minimum Gasteiger partial charge on any atom is -0.483 e. The number of Topliss-reactive ketones (excluding diaryl/α,β-unsaturated/α-hetero) is 1. The Morgan fingerprint density at radius 1 is 1.30 bits per heavy atom. The molecular weight excluding hydrogens is 160 g/mol. The minimum atomic E-state index is -0.250. The van der Waals surface area contributed by atoms with Crippen LogP contribution in [0.25, 0.3) is 0 Å². The third-order valence-corrected chi connectivity index (χ3v) is 0. The lowest BCUT2D eigenvalue weighted by atomic mass is 10.6. The van der Waals surface area contributed by atoms with E-state index < -0.39 is 0 Å². The molecule has 0 aliphatic heterocycles. The van der Waals surface area contributed by atoms with E-state index in [1.165, 1.54) is 13.8 Å². The number of carbonyl (C=O) groups is 2. The fourth-order valence-corrected chi connectivity index (χ4v) is 0. The first-order valence-corrected chi connectivity index (χ1v) is 2.15. The second-order valence-corrected chi connectivity index (χ2v) is 1.01. The summed E-state index contributed by atoms with van der Waals surface area (Å²) in [6.07, 6.45) is 0. The Morgan fingerprint density at radius 2 is 1.30 bits per heavy atom. The predicted molar refractivity (Wildman–Crippen MR) is 40.4 cm³/mol. The number of aliphatic hydroxyl groups is 1. The van der Waals surface area contributed by atoms with Gasteiger partial charge in [-0.15, -0.1) is 12.4 Å². The molecule has 10 heavy (non-hydrogen) atoms. The quantitative estimate of drug-likeness (QED) is 0.517. The summed E-state index contributed by atoms with van der Waals surface area (Å²) >= 11 is 0. The lowest BCUT2D eigenvalue weighted by Crippen LogP contribution is -1.69. The van der Waals surface area contributed by atoms with Gasteiger partial charge in [-0.2, -0.15) is 0 Å². The van der Waals surface area contributed by atoms with Gasteiger partial charge in [0.2, 0.25) is 0 Å². The van der Waals surface area contributed by atoms with Crippen molar-refractivity contribution < 1.29 is 19.8 Å². The summed E-state index contributed by atoms with van der Waals surface area (Å²) in [6, 6.07) is 0. The first-order chi connectivity index (χ1) is 4.15. The number of hydrogen-bond donors (Lipinski definition) is 2. The molecule has 0 aromatic rings. The van der Waals surface area contributed by atoms with E-state index in [1.54, 1.807) is 0 Å². The molecule has 0 radical (unpaired) electrons. The fourth-order valence-electron chi connectivity index (χ4n) is 0. The summed E-state index contributed by atoms with van der Waals surface area (Å²) in [7, 11) is 1.00. The summed E-state index contributed by atoms with van der Waals surface area (Å²) in [5.41, 5.74) is 0. The Morgan fingerprint density at radius 3 is 1.30 bits per heavy atom. The molecule has 4 nitrogen and oxygen atoms in total. The number of ketones is 1. The second-order valence-electron chi connectivity index (χ2n) is 1.01. The van der Waals surface area contributed by atoms with E-state index >= 15 is 0 Å². The number of halogens is 1. The van der Waals surface area contributed by atoms with Crippen LogP contribution in [0.1, 0.15) is 13.8 Å². The van der Waals surface area contributed by atoms with Gasteiger partial charge in [0.25, 0.3) is 6.47 Å². The molecule has 0 heterocycles. The zero-order valence-corrected chi connectivity index (χ0v) is 7.01. The third kappa shape index (κ3) is 811. The van der Waals surface area contributed by atoms with Crippen LogP contribution in [-0.4, -0.2) is 29.6 Å². The average molecular weight is 173 g/mol. The van der Waals surface area contributed by atoms with Crippen molar-refractivity contribution in [3.05, 3.63) is 0 Å².